The van der Waals surface area contributed by atoms with E-state index < -0.39 is 12.1 Å². The van der Waals surface area contributed by atoms with Crippen molar-refractivity contribution in [2.75, 3.05) is 13.1 Å². The Kier molecular flexibility index (Phi) is 6.68. The summed E-state index contributed by atoms with van der Waals surface area (Å²) >= 11 is 0. The van der Waals surface area contributed by atoms with Gasteiger partial charge in [-0.3, -0.25) is 4.79 Å². The molecule has 9 nitrogen and oxygen atoms in total. The number of benzene rings is 1. The van der Waals surface area contributed by atoms with Crippen LogP contribution >= 0.6 is 0 Å². The lowest BCUT2D eigenvalue weighted by Gasteiger charge is -2.38. The van der Waals surface area contributed by atoms with Gasteiger partial charge in [-0.05, 0) is 5.56 Å². The van der Waals surface area contributed by atoms with Gasteiger partial charge in [-0.15, -0.1) is 5.10 Å². The molecule has 31 heavy (non-hydrogen) atoms. The molecule has 1 aromatic carbocycles. The van der Waals surface area contributed by atoms with Gasteiger partial charge in [0.15, 0.2) is 0 Å². The highest BCUT2D eigenvalue weighted by Gasteiger charge is 2.38. The molecule has 0 aliphatic carbocycles. The molecule has 4 rings (SSSR count). The van der Waals surface area contributed by atoms with Crippen molar-refractivity contribution in [1.29, 1.82) is 0 Å². The van der Waals surface area contributed by atoms with Crippen LogP contribution in [0.3, 0.4) is 0 Å². The maximum Gasteiger partial charge on any atom is 0.490 e. The quantitative estimate of drug-likeness (QED) is 0.634. The van der Waals surface area contributed by atoms with Crippen LogP contribution in [0.25, 0.3) is 0 Å². The van der Waals surface area contributed by atoms with Crippen molar-refractivity contribution in [3.8, 4) is 0 Å². The van der Waals surface area contributed by atoms with Crippen molar-refractivity contribution >= 4 is 11.9 Å². The van der Waals surface area contributed by atoms with E-state index in [0.717, 1.165) is 11.4 Å². The Morgan fingerprint density at radius 2 is 1.87 bits per heavy atom. The fourth-order valence-corrected chi connectivity index (χ4v) is 3.07. The van der Waals surface area contributed by atoms with Crippen LogP contribution in [0.5, 0.6) is 0 Å². The summed E-state index contributed by atoms with van der Waals surface area (Å²) in [5.74, 6) is -1.37. The number of rotatable bonds is 5. The van der Waals surface area contributed by atoms with Crippen LogP contribution in [-0.2, 0) is 9.59 Å². The largest absolute Gasteiger partial charge is 0.490 e. The molecule has 12 heteroatoms. The van der Waals surface area contributed by atoms with Crippen LogP contribution in [0.15, 0.2) is 55.1 Å². The zero-order valence-electron chi connectivity index (χ0n) is 16.1. The predicted octanol–water partition coefficient (Wildman–Crippen LogP) is 2.24. The summed E-state index contributed by atoms with van der Waals surface area (Å²) in [6.07, 6.45) is 2.29. The van der Waals surface area contributed by atoms with Gasteiger partial charge in [0.05, 0.1) is 24.6 Å². The third-order valence-corrected chi connectivity index (χ3v) is 4.70. The van der Waals surface area contributed by atoms with Crippen molar-refractivity contribution in [3.63, 3.8) is 0 Å². The van der Waals surface area contributed by atoms with Gasteiger partial charge in [-0.2, -0.15) is 13.2 Å². The summed E-state index contributed by atoms with van der Waals surface area (Å²) in [7, 11) is 0. The molecule has 0 spiro atoms. The summed E-state index contributed by atoms with van der Waals surface area (Å²) in [5, 5.41) is 15.1. The molecule has 3 heterocycles. The van der Waals surface area contributed by atoms with E-state index in [1.165, 1.54) is 0 Å². The van der Waals surface area contributed by atoms with Crippen LogP contribution in [0.4, 0.5) is 13.2 Å². The van der Waals surface area contributed by atoms with Crippen LogP contribution < -0.4 is 0 Å². The first kappa shape index (κ1) is 22.0. The molecule has 1 saturated heterocycles. The number of nitrogens with one attached hydrogen (secondary N) is 1. The van der Waals surface area contributed by atoms with Crippen molar-refractivity contribution in [2.45, 2.75) is 24.6 Å². The second-order valence-corrected chi connectivity index (χ2v) is 6.79. The second-order valence-electron chi connectivity index (χ2n) is 6.79. The molecular weight excluding hydrogens is 417 g/mol. The molecule has 1 atom stereocenters. The second kappa shape index (κ2) is 9.41. The smallest absolute Gasteiger partial charge is 0.475 e. The van der Waals surface area contributed by atoms with E-state index in [1.807, 2.05) is 41.4 Å². The van der Waals surface area contributed by atoms with Gasteiger partial charge >= 0.3 is 12.1 Å². The number of alkyl halides is 3. The lowest BCUT2D eigenvalue weighted by atomic mass is 9.97. The summed E-state index contributed by atoms with van der Waals surface area (Å²) in [6, 6.07) is 9.81. The number of aliphatic carboxylic acids is 1. The average molecular weight is 436 g/mol. The van der Waals surface area contributed by atoms with Gasteiger partial charge < -0.3 is 15.0 Å². The first-order valence-electron chi connectivity index (χ1n) is 9.23. The normalized spacial score (nSPS) is 14.9. The van der Waals surface area contributed by atoms with E-state index in [4.69, 9.17) is 9.90 Å². The minimum absolute atomic E-state index is 0.127. The minimum Gasteiger partial charge on any atom is -0.475 e. The van der Waals surface area contributed by atoms with E-state index in [0.29, 0.717) is 25.4 Å². The number of amides is 1. The summed E-state index contributed by atoms with van der Waals surface area (Å²) < 4.78 is 33.5. The Hall–Kier alpha value is -3.70. The molecule has 1 aliphatic rings. The van der Waals surface area contributed by atoms with E-state index in [9.17, 15) is 18.0 Å². The first-order chi connectivity index (χ1) is 14.8. The SMILES string of the molecule is O=C(CC(c1ccccc1)n1ccnn1)N1CC(c2ncc[nH]2)C1.O=C(O)C(F)(F)F. The van der Waals surface area contributed by atoms with Crippen molar-refractivity contribution in [1.82, 2.24) is 29.9 Å². The van der Waals surface area contributed by atoms with Gasteiger partial charge in [0.2, 0.25) is 5.91 Å². The Morgan fingerprint density at radius 1 is 1.19 bits per heavy atom. The highest BCUT2D eigenvalue weighted by Crippen LogP contribution is 2.28. The number of carboxylic acid groups (broad SMARTS) is 1. The topological polar surface area (TPSA) is 117 Å². The average Bonchev–Trinajstić information content (AvgIpc) is 3.40. The molecule has 0 radical (unpaired) electrons. The minimum atomic E-state index is -5.08. The fraction of sp³-hybridized carbons (Fsp3) is 0.316. The number of carbonyl (C=O) groups is 2. The Labute approximate surface area is 174 Å². The Balaban J connectivity index is 0.000000339. The molecule has 0 saturated carbocycles. The highest BCUT2D eigenvalue weighted by molar-refractivity contribution is 5.78. The maximum absolute atomic E-state index is 12.7. The lowest BCUT2D eigenvalue weighted by Crippen LogP contribution is -2.49. The third-order valence-electron chi connectivity index (χ3n) is 4.70. The molecule has 2 aromatic heterocycles. The third kappa shape index (κ3) is 5.68. The first-order valence-corrected chi connectivity index (χ1v) is 9.23. The number of likely N-dealkylation sites (tertiary alicyclic amines) is 1. The van der Waals surface area contributed by atoms with Gasteiger partial charge in [0.1, 0.15) is 5.82 Å². The molecule has 1 aliphatic heterocycles. The predicted molar refractivity (Wildman–Crippen MR) is 101 cm³/mol. The number of aromatic amines is 1. The molecule has 164 valence electrons. The highest BCUT2D eigenvalue weighted by atomic mass is 19.4. The number of carboxylic acids is 1. The van der Waals surface area contributed by atoms with Crippen molar-refractivity contribution < 1.29 is 27.9 Å². The van der Waals surface area contributed by atoms with Crippen LogP contribution in [-0.4, -0.2) is 66.1 Å². The van der Waals surface area contributed by atoms with Gasteiger partial charge in [-0.25, -0.2) is 14.5 Å². The summed E-state index contributed by atoms with van der Waals surface area (Å²) in [4.78, 5) is 30.8. The Bertz CT molecular complexity index is 971. The number of aromatic nitrogens is 5. The molecule has 2 N–H and O–H groups in total. The number of hydrogen-bond acceptors (Lipinski definition) is 5. The molecule has 1 unspecified atom stereocenters. The van der Waals surface area contributed by atoms with Crippen LogP contribution in [0.2, 0.25) is 0 Å². The summed E-state index contributed by atoms with van der Waals surface area (Å²) in [6.45, 7) is 1.43. The standard InChI is InChI=1S/C17H18N6O.C2HF3O2/c24-16(22-11-14(12-22)17-18-6-7-19-17)10-15(23-9-8-20-21-23)13-4-2-1-3-5-13;3-2(4,5)1(6)7/h1-9,14-15H,10-12H2,(H,18,19);(H,6,7). The monoisotopic (exact) mass is 436 g/mol. The van der Waals surface area contributed by atoms with Gasteiger partial charge in [0.25, 0.3) is 0 Å². The molecular formula is C19H19F3N6O3. The van der Waals surface area contributed by atoms with E-state index in [2.05, 4.69) is 20.3 Å². The number of nitrogens with zero attached hydrogens (tertiary/aromatic N) is 5. The van der Waals surface area contributed by atoms with Gasteiger partial charge in [-0.1, -0.05) is 35.5 Å². The summed E-state index contributed by atoms with van der Waals surface area (Å²) in [5.41, 5.74) is 1.06. The number of carbonyl (C=O) groups excluding carboxylic acids is 1. The van der Waals surface area contributed by atoms with Crippen molar-refractivity contribution in [3.05, 3.63) is 66.5 Å². The number of imidazole rings is 1. The number of hydrogen-bond donors (Lipinski definition) is 2. The molecule has 1 fully saturated rings. The van der Waals surface area contributed by atoms with E-state index in [-0.39, 0.29) is 11.9 Å². The number of halogens is 3. The van der Waals surface area contributed by atoms with E-state index >= 15 is 0 Å². The van der Waals surface area contributed by atoms with Crippen LogP contribution in [0.1, 0.15) is 29.8 Å². The lowest BCUT2D eigenvalue weighted by molar-refractivity contribution is -0.192. The number of H-pyrrole nitrogens is 1. The van der Waals surface area contributed by atoms with Crippen molar-refractivity contribution in [2.24, 2.45) is 0 Å². The molecule has 1 amide bonds. The van der Waals surface area contributed by atoms with Crippen LogP contribution in [0, 0.1) is 0 Å². The van der Waals surface area contributed by atoms with Gasteiger partial charge in [0, 0.05) is 31.7 Å². The zero-order valence-corrected chi connectivity index (χ0v) is 16.1. The Morgan fingerprint density at radius 3 is 2.39 bits per heavy atom. The zero-order chi connectivity index (χ0) is 22.4. The molecule has 0 bridgehead atoms. The fourth-order valence-electron chi connectivity index (χ4n) is 3.07. The van der Waals surface area contributed by atoms with E-state index in [1.54, 1.807) is 23.3 Å². The maximum atomic E-state index is 12.7. The molecule has 3 aromatic rings.